The van der Waals surface area contributed by atoms with Crippen molar-refractivity contribution in [3.63, 3.8) is 0 Å². The van der Waals surface area contributed by atoms with Crippen LogP contribution in [0.25, 0.3) is 0 Å². The third kappa shape index (κ3) is 2.89. The third-order valence-corrected chi connectivity index (χ3v) is 4.42. The van der Waals surface area contributed by atoms with Crippen LogP contribution in [-0.4, -0.2) is 35.8 Å². The molecule has 5 heteroatoms. The van der Waals surface area contributed by atoms with Crippen LogP contribution < -0.4 is 13.9 Å². The average molecular weight is 261 g/mol. The highest BCUT2D eigenvalue weighted by molar-refractivity contribution is 6.50. The van der Waals surface area contributed by atoms with E-state index in [9.17, 15) is 0 Å². The summed E-state index contributed by atoms with van der Waals surface area (Å²) >= 11 is 5.69. The van der Waals surface area contributed by atoms with Gasteiger partial charge in [0.05, 0.1) is 21.3 Å². The fourth-order valence-corrected chi connectivity index (χ4v) is 3.26. The number of ether oxygens (including phenoxy) is 2. The topological polar surface area (TPSA) is 27.7 Å². The number of aryl methyl sites for hydroxylation is 1. The molecule has 1 aromatic heterocycles. The first-order chi connectivity index (χ1) is 7.78. The summed E-state index contributed by atoms with van der Waals surface area (Å²) in [5.41, 5.74) is 3.20. The third-order valence-electron chi connectivity index (χ3n) is 2.37. The number of halogens is 1. The van der Waals surface area contributed by atoms with Gasteiger partial charge in [0.2, 0.25) is 0 Å². The van der Waals surface area contributed by atoms with Crippen molar-refractivity contribution in [3.05, 3.63) is 17.3 Å². The van der Waals surface area contributed by atoms with E-state index in [-0.39, 0.29) is 0 Å². The first-order valence-electron chi connectivity index (χ1n) is 5.12. The molecule has 0 aliphatic rings. The van der Waals surface area contributed by atoms with Gasteiger partial charge in [0, 0.05) is 5.88 Å². The molecule has 0 aliphatic carbocycles. The van der Waals surface area contributed by atoms with Gasteiger partial charge in [0.1, 0.15) is 0 Å². The van der Waals surface area contributed by atoms with Gasteiger partial charge >= 0.3 is 8.64 Å². The zero-order valence-corrected chi connectivity index (χ0v) is 11.6. The lowest BCUT2D eigenvalue weighted by Crippen LogP contribution is -2.13. The Labute approximate surface area is 103 Å². The molecule has 90 valence electrons. The van der Waals surface area contributed by atoms with Crippen molar-refractivity contribution >= 4 is 20.2 Å². The minimum Gasteiger partial charge on any atom is -0.548 e. The maximum atomic E-state index is 5.69. The van der Waals surface area contributed by atoms with E-state index in [1.54, 1.807) is 21.3 Å². The minimum absolute atomic E-state index is 0.652. The van der Waals surface area contributed by atoms with Gasteiger partial charge in [0.25, 0.3) is 0 Å². The smallest absolute Gasteiger partial charge is 0.312 e. The molecule has 0 unspecified atom stereocenters. The predicted octanol–water partition coefficient (Wildman–Crippen LogP) is 1.96. The lowest BCUT2D eigenvalue weighted by Gasteiger charge is -2.14. The molecule has 0 N–H and O–H groups in total. The SMILES string of the molecule is COc1c(CCCCl)cc[si](OC)c1OC. The summed E-state index contributed by atoms with van der Waals surface area (Å²) in [4.78, 5) is 0. The van der Waals surface area contributed by atoms with Crippen LogP contribution in [-0.2, 0) is 6.42 Å². The second-order valence-electron chi connectivity index (χ2n) is 3.29. The van der Waals surface area contributed by atoms with Gasteiger partial charge in [-0.15, -0.1) is 11.6 Å². The van der Waals surface area contributed by atoms with Crippen molar-refractivity contribution < 1.29 is 13.9 Å². The minimum atomic E-state index is -1.20. The molecule has 0 aliphatic heterocycles. The molecule has 0 atom stereocenters. The Bertz CT molecular complexity index is 344. The van der Waals surface area contributed by atoms with Crippen molar-refractivity contribution in [1.29, 1.82) is 0 Å². The van der Waals surface area contributed by atoms with Crippen LogP contribution in [0, 0.1) is 0 Å². The Hall–Kier alpha value is -0.743. The molecule has 0 fully saturated rings. The maximum absolute atomic E-state index is 5.69. The molecule has 0 spiro atoms. The summed E-state index contributed by atoms with van der Waals surface area (Å²) in [5.74, 6) is 1.46. The Morgan fingerprint density at radius 3 is 2.50 bits per heavy atom. The Morgan fingerprint density at radius 1 is 1.25 bits per heavy atom. The van der Waals surface area contributed by atoms with Crippen molar-refractivity contribution in [2.24, 2.45) is 0 Å². The van der Waals surface area contributed by atoms with E-state index in [1.165, 1.54) is 0 Å². The number of rotatable bonds is 6. The highest BCUT2D eigenvalue weighted by Gasteiger charge is 2.16. The standard InChI is InChI=1S/C11H17ClO3Si/c1-13-10-9(5-4-7-12)6-8-16(15-3)11(10)14-2/h6,8H,4-5,7H2,1-3H3. The van der Waals surface area contributed by atoms with Gasteiger partial charge in [-0.1, -0.05) is 6.07 Å². The molecule has 0 bridgehead atoms. The van der Waals surface area contributed by atoms with E-state index in [0.717, 1.165) is 29.5 Å². The largest absolute Gasteiger partial charge is 0.548 e. The van der Waals surface area contributed by atoms with E-state index < -0.39 is 8.64 Å². The number of methoxy groups -OCH3 is 2. The van der Waals surface area contributed by atoms with Gasteiger partial charge in [-0.3, -0.25) is 0 Å². The summed E-state index contributed by atoms with van der Waals surface area (Å²) in [7, 11) is 3.80. The maximum Gasteiger partial charge on any atom is 0.312 e. The average Bonchev–Trinajstić information content (AvgIpc) is 2.34. The summed E-state index contributed by atoms with van der Waals surface area (Å²) in [6.45, 7) is 0. The van der Waals surface area contributed by atoms with E-state index >= 15 is 0 Å². The molecule has 0 amide bonds. The molecule has 1 aromatic rings. The van der Waals surface area contributed by atoms with Crippen LogP contribution in [0.2, 0.25) is 0 Å². The lowest BCUT2D eigenvalue weighted by molar-refractivity contribution is 0.351. The van der Waals surface area contributed by atoms with Crippen LogP contribution in [0.4, 0.5) is 0 Å². The van der Waals surface area contributed by atoms with E-state index in [4.69, 9.17) is 25.5 Å². The van der Waals surface area contributed by atoms with E-state index in [0.29, 0.717) is 5.88 Å². The van der Waals surface area contributed by atoms with Gasteiger partial charge in [-0.05, 0) is 24.1 Å². The highest BCUT2D eigenvalue weighted by Crippen LogP contribution is 2.30. The summed E-state index contributed by atoms with van der Waals surface area (Å²) in [5, 5.41) is 0.821. The van der Waals surface area contributed by atoms with Crippen molar-refractivity contribution in [3.8, 4) is 11.1 Å². The zero-order valence-electron chi connectivity index (χ0n) is 9.88. The van der Waals surface area contributed by atoms with Crippen molar-refractivity contribution in [2.45, 2.75) is 12.8 Å². The van der Waals surface area contributed by atoms with Crippen LogP contribution in [0.1, 0.15) is 12.0 Å². The van der Waals surface area contributed by atoms with E-state index in [1.807, 2.05) is 0 Å². The fourth-order valence-electron chi connectivity index (χ4n) is 1.62. The summed E-state index contributed by atoms with van der Waals surface area (Å²) < 4.78 is 16.2. The molecule has 16 heavy (non-hydrogen) atoms. The molecule has 3 nitrogen and oxygen atoms in total. The van der Waals surface area contributed by atoms with Gasteiger partial charge < -0.3 is 13.9 Å². The monoisotopic (exact) mass is 260 g/mol. The fraction of sp³-hybridized carbons (Fsp3) is 0.545. The lowest BCUT2D eigenvalue weighted by atomic mass is 10.1. The molecule has 0 saturated carbocycles. The van der Waals surface area contributed by atoms with Crippen LogP contribution >= 0.6 is 11.6 Å². The van der Waals surface area contributed by atoms with Crippen molar-refractivity contribution in [1.82, 2.24) is 0 Å². The molecular weight excluding hydrogens is 244 g/mol. The first kappa shape index (κ1) is 13.3. The summed E-state index contributed by atoms with van der Waals surface area (Å²) in [6.07, 6.45) is 1.83. The van der Waals surface area contributed by atoms with Crippen LogP contribution in [0.3, 0.4) is 0 Å². The number of hydrogen-bond donors (Lipinski definition) is 0. The summed E-state index contributed by atoms with van der Waals surface area (Å²) in [6, 6.07) is 2.06. The molecule has 0 aromatic carbocycles. The Morgan fingerprint density at radius 2 is 2.00 bits per heavy atom. The normalized spacial score (nSPS) is 10.0. The highest BCUT2D eigenvalue weighted by atomic mass is 35.5. The Kier molecular flexibility index (Phi) is 5.63. The predicted molar refractivity (Wildman–Crippen MR) is 67.0 cm³/mol. The number of alkyl halides is 1. The number of hydrogen-bond acceptors (Lipinski definition) is 3. The second kappa shape index (κ2) is 6.76. The first-order valence-corrected chi connectivity index (χ1v) is 7.14. The molecule has 1 rings (SSSR count). The van der Waals surface area contributed by atoms with Crippen LogP contribution in [0.5, 0.6) is 11.1 Å². The molecule has 0 saturated heterocycles. The second-order valence-corrected chi connectivity index (χ2v) is 5.59. The molecular formula is C11H17ClO3Si. The zero-order chi connectivity index (χ0) is 12.0. The van der Waals surface area contributed by atoms with Gasteiger partial charge in [0.15, 0.2) is 11.1 Å². The van der Waals surface area contributed by atoms with E-state index in [2.05, 4.69) is 11.7 Å². The quantitative estimate of drug-likeness (QED) is 0.578. The van der Waals surface area contributed by atoms with Gasteiger partial charge in [-0.2, -0.15) is 0 Å². The molecule has 0 radical (unpaired) electrons. The Balaban J connectivity index is 3.10. The van der Waals surface area contributed by atoms with Crippen LogP contribution in [0.15, 0.2) is 11.7 Å². The van der Waals surface area contributed by atoms with Gasteiger partial charge in [-0.25, -0.2) is 0 Å². The molecule has 1 heterocycles. The van der Waals surface area contributed by atoms with Crippen molar-refractivity contribution in [2.75, 3.05) is 27.2 Å².